The van der Waals surface area contributed by atoms with Crippen molar-refractivity contribution < 1.29 is 14.3 Å². The number of nitrogens with one attached hydrogen (secondary N) is 1. The van der Waals surface area contributed by atoms with Gasteiger partial charge in [0, 0.05) is 29.4 Å². The molecule has 3 rings (SSSR count). The fourth-order valence-electron chi connectivity index (χ4n) is 2.48. The van der Waals surface area contributed by atoms with E-state index in [4.69, 9.17) is 9.47 Å². The molecule has 0 unspecified atom stereocenters. The first-order valence-electron chi connectivity index (χ1n) is 8.84. The van der Waals surface area contributed by atoms with Gasteiger partial charge in [-0.2, -0.15) is 0 Å². The number of hydrogen-bond acceptors (Lipinski definition) is 7. The van der Waals surface area contributed by atoms with Crippen molar-refractivity contribution in [2.45, 2.75) is 21.5 Å². The minimum Gasteiger partial charge on any atom is -0.497 e. The molecule has 8 heteroatoms. The molecule has 6 nitrogen and oxygen atoms in total. The lowest BCUT2D eigenvalue weighted by molar-refractivity contribution is -0.118. The second kappa shape index (κ2) is 10.7. The highest BCUT2D eigenvalue weighted by molar-refractivity contribution is 8.02. The summed E-state index contributed by atoms with van der Waals surface area (Å²) >= 11 is 2.89. The van der Waals surface area contributed by atoms with Gasteiger partial charge in [-0.3, -0.25) is 4.79 Å². The van der Waals surface area contributed by atoms with E-state index in [2.05, 4.69) is 15.3 Å². The standard InChI is InChI=1S/C21H21N3O3S2/c1-26-16-8-9-18(27-2)15(12-16)13-24-19(25)14-28-20-21(23-11-10-22-20)29-17-6-4-3-5-7-17/h3-12H,13-14H2,1-2H3,(H,24,25). The summed E-state index contributed by atoms with van der Waals surface area (Å²) in [7, 11) is 3.20. The van der Waals surface area contributed by atoms with Gasteiger partial charge in [0.2, 0.25) is 5.91 Å². The summed E-state index contributed by atoms with van der Waals surface area (Å²) in [4.78, 5) is 22.2. The molecule has 1 aromatic heterocycles. The third kappa shape index (κ3) is 6.13. The van der Waals surface area contributed by atoms with E-state index in [1.54, 1.807) is 26.6 Å². The molecule has 0 atom stereocenters. The Kier molecular flexibility index (Phi) is 7.77. The van der Waals surface area contributed by atoms with Crippen molar-refractivity contribution in [2.24, 2.45) is 0 Å². The zero-order valence-electron chi connectivity index (χ0n) is 16.1. The lowest BCUT2D eigenvalue weighted by Crippen LogP contribution is -2.24. The number of benzene rings is 2. The largest absolute Gasteiger partial charge is 0.497 e. The Bertz CT molecular complexity index is 955. The Balaban J connectivity index is 1.58. The van der Waals surface area contributed by atoms with Crippen LogP contribution in [0.2, 0.25) is 0 Å². The fourth-order valence-corrected chi connectivity index (χ4v) is 4.23. The van der Waals surface area contributed by atoms with Crippen LogP contribution in [0, 0.1) is 0 Å². The van der Waals surface area contributed by atoms with Crippen molar-refractivity contribution in [3.8, 4) is 11.5 Å². The van der Waals surface area contributed by atoms with Crippen LogP contribution in [0.25, 0.3) is 0 Å². The Hall–Kier alpha value is -2.71. The Morgan fingerprint density at radius 2 is 1.76 bits per heavy atom. The lowest BCUT2D eigenvalue weighted by Gasteiger charge is -2.11. The number of rotatable bonds is 9. The van der Waals surface area contributed by atoms with E-state index >= 15 is 0 Å². The van der Waals surface area contributed by atoms with Crippen LogP contribution < -0.4 is 14.8 Å². The zero-order chi connectivity index (χ0) is 20.5. The molecule has 0 aliphatic heterocycles. The van der Waals surface area contributed by atoms with Gasteiger partial charge in [0.15, 0.2) is 0 Å². The molecular formula is C21H21N3O3S2. The first-order chi connectivity index (χ1) is 14.2. The molecule has 150 valence electrons. The molecule has 0 aliphatic rings. The maximum atomic E-state index is 12.4. The van der Waals surface area contributed by atoms with Gasteiger partial charge in [0.05, 0.1) is 20.0 Å². The minimum atomic E-state index is -0.0961. The smallest absolute Gasteiger partial charge is 0.230 e. The van der Waals surface area contributed by atoms with E-state index < -0.39 is 0 Å². The van der Waals surface area contributed by atoms with Crippen LogP contribution in [-0.4, -0.2) is 35.8 Å². The van der Waals surface area contributed by atoms with E-state index in [0.717, 1.165) is 20.5 Å². The molecule has 0 radical (unpaired) electrons. The molecule has 0 saturated heterocycles. The summed E-state index contributed by atoms with van der Waals surface area (Å²) < 4.78 is 10.6. The molecule has 0 spiro atoms. The van der Waals surface area contributed by atoms with E-state index in [0.29, 0.717) is 18.0 Å². The third-order valence-electron chi connectivity index (χ3n) is 3.89. The SMILES string of the molecule is COc1ccc(OC)c(CNC(=O)CSc2nccnc2Sc2ccccc2)c1. The highest BCUT2D eigenvalue weighted by Crippen LogP contribution is 2.32. The average molecular weight is 428 g/mol. The first kappa shape index (κ1) is 21.0. The molecule has 0 bridgehead atoms. The summed E-state index contributed by atoms with van der Waals surface area (Å²) in [5, 5.41) is 4.43. The molecule has 0 fully saturated rings. The third-order valence-corrected chi connectivity index (χ3v) is 6.00. The highest BCUT2D eigenvalue weighted by atomic mass is 32.2. The predicted octanol–water partition coefficient (Wildman–Crippen LogP) is 4.05. The van der Waals surface area contributed by atoms with Gasteiger partial charge in [-0.05, 0) is 30.3 Å². The average Bonchev–Trinajstić information content (AvgIpc) is 2.77. The van der Waals surface area contributed by atoms with E-state index in [1.165, 1.54) is 23.5 Å². The fraction of sp³-hybridized carbons (Fsp3) is 0.190. The number of amides is 1. The quantitative estimate of drug-likeness (QED) is 0.516. The van der Waals surface area contributed by atoms with Gasteiger partial charge in [0.25, 0.3) is 0 Å². The van der Waals surface area contributed by atoms with Crippen LogP contribution in [-0.2, 0) is 11.3 Å². The monoisotopic (exact) mass is 427 g/mol. The zero-order valence-corrected chi connectivity index (χ0v) is 17.8. The lowest BCUT2D eigenvalue weighted by atomic mass is 10.2. The number of nitrogens with zero attached hydrogens (tertiary/aromatic N) is 2. The van der Waals surface area contributed by atoms with Gasteiger partial charge in [0.1, 0.15) is 21.6 Å². The van der Waals surface area contributed by atoms with E-state index in [9.17, 15) is 4.79 Å². The van der Waals surface area contributed by atoms with Crippen LogP contribution >= 0.6 is 23.5 Å². The van der Waals surface area contributed by atoms with Crippen molar-refractivity contribution >= 4 is 29.4 Å². The number of hydrogen-bond donors (Lipinski definition) is 1. The van der Waals surface area contributed by atoms with Crippen molar-refractivity contribution in [1.82, 2.24) is 15.3 Å². The van der Waals surface area contributed by atoms with Crippen molar-refractivity contribution in [3.63, 3.8) is 0 Å². The second-order valence-electron chi connectivity index (χ2n) is 5.82. The second-order valence-corrected chi connectivity index (χ2v) is 7.85. The van der Waals surface area contributed by atoms with Gasteiger partial charge < -0.3 is 14.8 Å². The van der Waals surface area contributed by atoms with E-state index in [-0.39, 0.29) is 11.7 Å². The minimum absolute atomic E-state index is 0.0961. The number of carbonyl (C=O) groups excluding carboxylic acids is 1. The molecule has 3 aromatic rings. The molecule has 1 N–H and O–H groups in total. The van der Waals surface area contributed by atoms with Gasteiger partial charge >= 0.3 is 0 Å². The van der Waals surface area contributed by atoms with Crippen molar-refractivity contribution in [1.29, 1.82) is 0 Å². The number of carbonyl (C=O) groups is 1. The number of methoxy groups -OCH3 is 2. The highest BCUT2D eigenvalue weighted by Gasteiger charge is 2.12. The normalized spacial score (nSPS) is 10.4. The number of ether oxygens (including phenoxy) is 2. The van der Waals surface area contributed by atoms with Crippen LogP contribution in [0.5, 0.6) is 11.5 Å². The summed E-state index contributed by atoms with van der Waals surface area (Å²) in [6, 6.07) is 15.4. The van der Waals surface area contributed by atoms with Crippen LogP contribution in [0.4, 0.5) is 0 Å². The summed E-state index contributed by atoms with van der Waals surface area (Å²) in [6.07, 6.45) is 3.29. The van der Waals surface area contributed by atoms with Gasteiger partial charge in [-0.1, -0.05) is 41.7 Å². The summed E-state index contributed by atoms with van der Waals surface area (Å²) in [5.74, 6) is 1.56. The van der Waals surface area contributed by atoms with Gasteiger partial charge in [-0.15, -0.1) is 0 Å². The van der Waals surface area contributed by atoms with E-state index in [1.807, 2.05) is 48.5 Å². The maximum Gasteiger partial charge on any atom is 0.230 e. The Labute approximate surface area is 178 Å². The summed E-state index contributed by atoms with van der Waals surface area (Å²) in [5.41, 5.74) is 0.852. The van der Waals surface area contributed by atoms with Crippen molar-refractivity contribution in [2.75, 3.05) is 20.0 Å². The maximum absolute atomic E-state index is 12.4. The van der Waals surface area contributed by atoms with Crippen LogP contribution in [0.3, 0.4) is 0 Å². The van der Waals surface area contributed by atoms with Gasteiger partial charge in [-0.25, -0.2) is 9.97 Å². The number of thioether (sulfide) groups is 1. The molecule has 1 heterocycles. The molecule has 0 saturated carbocycles. The summed E-state index contributed by atoms with van der Waals surface area (Å²) in [6.45, 7) is 0.353. The van der Waals surface area contributed by atoms with Crippen LogP contribution in [0.15, 0.2) is 75.9 Å². The Morgan fingerprint density at radius 1 is 1.00 bits per heavy atom. The first-order valence-corrected chi connectivity index (χ1v) is 10.6. The molecule has 1 amide bonds. The predicted molar refractivity (Wildman–Crippen MR) is 115 cm³/mol. The topological polar surface area (TPSA) is 73.3 Å². The molecule has 29 heavy (non-hydrogen) atoms. The molecule has 2 aromatic carbocycles. The number of aromatic nitrogens is 2. The molecular weight excluding hydrogens is 406 g/mol. The Morgan fingerprint density at radius 3 is 2.48 bits per heavy atom. The van der Waals surface area contributed by atoms with Crippen molar-refractivity contribution in [3.05, 3.63) is 66.5 Å². The molecule has 0 aliphatic carbocycles. The van der Waals surface area contributed by atoms with Crippen LogP contribution in [0.1, 0.15) is 5.56 Å².